The molecule has 0 aliphatic carbocycles. The van der Waals surface area contributed by atoms with Crippen molar-refractivity contribution in [3.05, 3.63) is 91.0 Å². The SMILES string of the molecule is CC(=O)O[PH](c1ccccc1)(c1ccccc1)c1ccccc1. The maximum absolute atomic E-state index is 12.0. The van der Waals surface area contributed by atoms with E-state index in [1.807, 2.05) is 54.6 Å². The number of carbonyl (C=O) groups excluding carboxylic acids is 1. The molecule has 0 heterocycles. The van der Waals surface area contributed by atoms with Crippen molar-refractivity contribution in [2.45, 2.75) is 6.92 Å². The van der Waals surface area contributed by atoms with Crippen LogP contribution in [0.5, 0.6) is 0 Å². The maximum atomic E-state index is 12.0. The van der Waals surface area contributed by atoms with Crippen LogP contribution in [0.25, 0.3) is 0 Å². The Bertz CT molecular complexity index is 674. The average Bonchev–Trinajstić information content (AvgIpc) is 2.62. The van der Waals surface area contributed by atoms with E-state index in [2.05, 4.69) is 36.4 Å². The van der Waals surface area contributed by atoms with Crippen molar-refractivity contribution in [3.8, 4) is 0 Å². The first-order valence-electron chi connectivity index (χ1n) is 7.59. The van der Waals surface area contributed by atoms with Gasteiger partial charge < -0.3 is 0 Å². The van der Waals surface area contributed by atoms with Gasteiger partial charge in [0.1, 0.15) is 0 Å². The summed E-state index contributed by atoms with van der Waals surface area (Å²) in [6.07, 6.45) is 0. The van der Waals surface area contributed by atoms with E-state index in [-0.39, 0.29) is 5.97 Å². The Kier molecular flexibility index (Phi) is 4.55. The Labute approximate surface area is 137 Å². The Balaban J connectivity index is 2.32. The van der Waals surface area contributed by atoms with Crippen LogP contribution in [0, 0.1) is 0 Å². The first kappa shape index (κ1) is 15.5. The molecular weight excluding hydrogens is 303 g/mol. The second-order valence-electron chi connectivity index (χ2n) is 5.37. The molecule has 23 heavy (non-hydrogen) atoms. The average molecular weight is 322 g/mol. The van der Waals surface area contributed by atoms with Crippen LogP contribution in [0.2, 0.25) is 0 Å². The first-order chi connectivity index (χ1) is 11.2. The number of carbonyl (C=O) groups is 1. The van der Waals surface area contributed by atoms with Crippen LogP contribution in [-0.2, 0) is 9.32 Å². The second-order valence-corrected chi connectivity index (χ2v) is 8.67. The van der Waals surface area contributed by atoms with Gasteiger partial charge >= 0.3 is 137 Å². The molecule has 2 nitrogen and oxygen atoms in total. The molecule has 3 heteroatoms. The quantitative estimate of drug-likeness (QED) is 0.690. The fraction of sp³-hybridized carbons (Fsp3) is 0.0500. The van der Waals surface area contributed by atoms with Gasteiger partial charge in [0.05, 0.1) is 0 Å². The van der Waals surface area contributed by atoms with E-state index in [1.165, 1.54) is 6.92 Å². The summed E-state index contributed by atoms with van der Waals surface area (Å²) >= 11 is 0. The van der Waals surface area contributed by atoms with Crippen molar-refractivity contribution in [1.29, 1.82) is 0 Å². The molecule has 0 atom stereocenters. The van der Waals surface area contributed by atoms with Crippen molar-refractivity contribution >= 4 is 29.4 Å². The van der Waals surface area contributed by atoms with Gasteiger partial charge in [0.15, 0.2) is 0 Å². The van der Waals surface area contributed by atoms with Gasteiger partial charge in [0, 0.05) is 0 Å². The fourth-order valence-electron chi connectivity index (χ4n) is 2.91. The molecule has 0 bridgehead atoms. The Hall–Kier alpha value is -2.44. The van der Waals surface area contributed by atoms with Crippen LogP contribution < -0.4 is 15.9 Å². The second kappa shape index (κ2) is 6.76. The standard InChI is InChI=1S/C20H19O2P/c1-17(21)22-23(18-11-5-2-6-12-18,19-13-7-3-8-14-19)20-15-9-4-10-16-20/h2-16,23H,1H3. The normalized spacial score (nSPS) is 11.7. The van der Waals surface area contributed by atoms with E-state index < -0.39 is 7.49 Å². The van der Waals surface area contributed by atoms with Crippen LogP contribution in [0.4, 0.5) is 0 Å². The summed E-state index contributed by atoms with van der Waals surface area (Å²) in [5, 5.41) is 3.19. The van der Waals surface area contributed by atoms with Crippen molar-refractivity contribution in [2.24, 2.45) is 0 Å². The third-order valence-corrected chi connectivity index (χ3v) is 7.87. The molecule has 3 aromatic carbocycles. The molecule has 0 saturated carbocycles. The molecule has 0 fully saturated rings. The molecule has 0 aromatic heterocycles. The van der Waals surface area contributed by atoms with E-state index in [0.717, 1.165) is 15.9 Å². The van der Waals surface area contributed by atoms with E-state index in [0.29, 0.717) is 0 Å². The summed E-state index contributed by atoms with van der Waals surface area (Å²) < 4.78 is 6.10. The third-order valence-electron chi connectivity index (χ3n) is 3.84. The van der Waals surface area contributed by atoms with E-state index >= 15 is 0 Å². The molecule has 3 rings (SSSR count). The Morgan fingerprint density at radius 3 is 1.22 bits per heavy atom. The van der Waals surface area contributed by atoms with Crippen molar-refractivity contribution in [1.82, 2.24) is 0 Å². The molecule has 0 unspecified atom stereocenters. The van der Waals surface area contributed by atoms with Crippen LogP contribution in [0.15, 0.2) is 91.0 Å². The van der Waals surface area contributed by atoms with Crippen LogP contribution in [-0.4, -0.2) is 5.97 Å². The first-order valence-corrected chi connectivity index (χ1v) is 9.50. The summed E-state index contributed by atoms with van der Waals surface area (Å²) in [7, 11) is -2.84. The topological polar surface area (TPSA) is 26.3 Å². The van der Waals surface area contributed by atoms with E-state index in [1.54, 1.807) is 0 Å². The molecule has 0 aliphatic heterocycles. The van der Waals surface area contributed by atoms with Crippen LogP contribution in [0.1, 0.15) is 6.92 Å². The number of hydrogen-bond acceptors (Lipinski definition) is 2. The predicted octanol–water partition coefficient (Wildman–Crippen LogP) is 3.19. The Morgan fingerprint density at radius 2 is 0.957 bits per heavy atom. The van der Waals surface area contributed by atoms with Gasteiger partial charge in [0.25, 0.3) is 0 Å². The van der Waals surface area contributed by atoms with Crippen molar-refractivity contribution < 1.29 is 9.32 Å². The van der Waals surface area contributed by atoms with Crippen LogP contribution in [0.3, 0.4) is 0 Å². The third kappa shape index (κ3) is 3.04. The fourth-order valence-corrected chi connectivity index (χ4v) is 6.68. The monoisotopic (exact) mass is 322 g/mol. The zero-order chi connectivity index (χ0) is 16.1. The number of hydrogen-bond donors (Lipinski definition) is 0. The summed E-state index contributed by atoms with van der Waals surface area (Å²) in [6, 6.07) is 30.2. The van der Waals surface area contributed by atoms with Gasteiger partial charge in [-0.3, -0.25) is 0 Å². The summed E-state index contributed by atoms with van der Waals surface area (Å²) in [4.78, 5) is 12.0. The summed E-state index contributed by atoms with van der Waals surface area (Å²) in [5.41, 5.74) is 0. The molecule has 0 N–H and O–H groups in total. The molecule has 0 radical (unpaired) electrons. The molecule has 3 aromatic rings. The molecule has 116 valence electrons. The minimum absolute atomic E-state index is 0.256. The minimum atomic E-state index is -2.84. The van der Waals surface area contributed by atoms with Gasteiger partial charge in [-0.1, -0.05) is 0 Å². The van der Waals surface area contributed by atoms with Gasteiger partial charge in [-0.15, -0.1) is 0 Å². The zero-order valence-corrected chi connectivity index (χ0v) is 14.0. The Morgan fingerprint density at radius 1 is 0.652 bits per heavy atom. The summed E-state index contributed by atoms with van der Waals surface area (Å²) in [6.45, 7) is 1.48. The summed E-state index contributed by atoms with van der Waals surface area (Å²) in [5.74, 6) is -0.256. The molecule has 0 amide bonds. The number of rotatable bonds is 4. The van der Waals surface area contributed by atoms with Gasteiger partial charge in [-0.2, -0.15) is 0 Å². The molecule has 0 saturated heterocycles. The molecule has 0 spiro atoms. The van der Waals surface area contributed by atoms with Gasteiger partial charge in [-0.05, 0) is 0 Å². The zero-order valence-electron chi connectivity index (χ0n) is 13.0. The molecular formula is C20H19O2P. The number of benzene rings is 3. The van der Waals surface area contributed by atoms with E-state index in [9.17, 15) is 4.79 Å². The van der Waals surface area contributed by atoms with Gasteiger partial charge in [0.2, 0.25) is 0 Å². The van der Waals surface area contributed by atoms with Crippen molar-refractivity contribution in [3.63, 3.8) is 0 Å². The van der Waals surface area contributed by atoms with Crippen molar-refractivity contribution in [2.75, 3.05) is 0 Å². The predicted molar refractivity (Wildman–Crippen MR) is 98.3 cm³/mol. The van der Waals surface area contributed by atoms with Crippen LogP contribution >= 0.6 is 7.49 Å². The van der Waals surface area contributed by atoms with E-state index in [4.69, 9.17) is 4.52 Å². The molecule has 0 aliphatic rings. The van der Waals surface area contributed by atoms with Gasteiger partial charge in [-0.25, -0.2) is 0 Å².